The molecule has 0 aliphatic rings. The zero-order valence-corrected chi connectivity index (χ0v) is 12.3. The molecule has 0 saturated carbocycles. The van der Waals surface area contributed by atoms with Crippen LogP contribution in [0.1, 0.15) is 24.1 Å². The summed E-state index contributed by atoms with van der Waals surface area (Å²) in [4.78, 5) is 0. The number of nitrogens with one attached hydrogen (secondary N) is 1. The molecule has 0 heterocycles. The van der Waals surface area contributed by atoms with Gasteiger partial charge in [-0.3, -0.25) is 0 Å². The minimum absolute atomic E-state index is 0.250. The van der Waals surface area contributed by atoms with Gasteiger partial charge in [0.2, 0.25) is 0 Å². The van der Waals surface area contributed by atoms with Gasteiger partial charge in [0, 0.05) is 15.7 Å². The van der Waals surface area contributed by atoms with Gasteiger partial charge in [0.1, 0.15) is 11.6 Å². The molecule has 4 heteroatoms. The zero-order chi connectivity index (χ0) is 14.0. The molecular weight excluding hydrogens is 312 g/mol. The number of hydrogen-bond donors (Lipinski definition) is 1. The lowest BCUT2D eigenvalue weighted by Gasteiger charge is -2.17. The summed E-state index contributed by atoms with van der Waals surface area (Å²) in [6, 6.07) is 9.43. The summed E-state index contributed by atoms with van der Waals surface area (Å²) in [5, 5.41) is 3.09. The summed E-state index contributed by atoms with van der Waals surface area (Å²) in [5.74, 6) is -0.553. The van der Waals surface area contributed by atoms with Gasteiger partial charge in [0.05, 0.1) is 6.04 Å². The number of rotatable bonds is 3. The van der Waals surface area contributed by atoms with Crippen LogP contribution in [0.3, 0.4) is 0 Å². The van der Waals surface area contributed by atoms with Crippen LogP contribution in [0, 0.1) is 18.6 Å². The standard InChI is InChI=1S/C15H14BrF2N/c1-9-3-5-12(8-15(9)18)19-10(2)13-7-11(16)4-6-14(13)17/h3-8,10,19H,1-2H3. The second-order valence-corrected chi connectivity index (χ2v) is 5.41. The van der Waals surface area contributed by atoms with Gasteiger partial charge >= 0.3 is 0 Å². The molecule has 1 unspecified atom stereocenters. The van der Waals surface area contributed by atoms with Crippen molar-refractivity contribution in [1.82, 2.24) is 0 Å². The van der Waals surface area contributed by atoms with E-state index in [4.69, 9.17) is 0 Å². The van der Waals surface area contributed by atoms with Crippen LogP contribution in [0.5, 0.6) is 0 Å². The summed E-state index contributed by atoms with van der Waals surface area (Å²) in [5.41, 5.74) is 1.76. The molecule has 100 valence electrons. The number of anilines is 1. The molecule has 1 atom stereocenters. The van der Waals surface area contributed by atoms with E-state index in [1.54, 1.807) is 31.2 Å². The van der Waals surface area contributed by atoms with Crippen molar-refractivity contribution in [3.05, 3.63) is 63.6 Å². The molecule has 0 radical (unpaired) electrons. The number of aryl methyl sites for hydroxylation is 1. The number of halogens is 3. The average Bonchev–Trinajstić information content (AvgIpc) is 2.36. The van der Waals surface area contributed by atoms with Crippen LogP contribution < -0.4 is 5.32 Å². The Hall–Kier alpha value is -1.42. The van der Waals surface area contributed by atoms with Crippen molar-refractivity contribution >= 4 is 21.6 Å². The molecule has 19 heavy (non-hydrogen) atoms. The van der Waals surface area contributed by atoms with Gasteiger partial charge in [-0.15, -0.1) is 0 Å². The average molecular weight is 326 g/mol. The highest BCUT2D eigenvalue weighted by Gasteiger charge is 2.12. The molecule has 0 fully saturated rings. The van der Waals surface area contributed by atoms with Gasteiger partial charge in [-0.25, -0.2) is 8.78 Å². The summed E-state index contributed by atoms with van der Waals surface area (Å²) in [6.45, 7) is 3.54. The molecule has 2 aromatic rings. The van der Waals surface area contributed by atoms with Crippen molar-refractivity contribution in [1.29, 1.82) is 0 Å². The van der Waals surface area contributed by atoms with Gasteiger partial charge in [-0.05, 0) is 49.7 Å². The van der Waals surface area contributed by atoms with Crippen LogP contribution in [0.4, 0.5) is 14.5 Å². The fraction of sp³-hybridized carbons (Fsp3) is 0.200. The Balaban J connectivity index is 2.22. The van der Waals surface area contributed by atoms with E-state index in [9.17, 15) is 8.78 Å². The third-order valence-electron chi connectivity index (χ3n) is 2.98. The van der Waals surface area contributed by atoms with Crippen LogP contribution >= 0.6 is 15.9 Å². The molecule has 0 aliphatic heterocycles. The lowest BCUT2D eigenvalue weighted by atomic mass is 10.1. The highest BCUT2D eigenvalue weighted by molar-refractivity contribution is 9.10. The monoisotopic (exact) mass is 325 g/mol. The van der Waals surface area contributed by atoms with Crippen molar-refractivity contribution in [2.24, 2.45) is 0 Å². The van der Waals surface area contributed by atoms with E-state index < -0.39 is 0 Å². The molecule has 0 aliphatic carbocycles. The topological polar surface area (TPSA) is 12.0 Å². The zero-order valence-electron chi connectivity index (χ0n) is 10.7. The van der Waals surface area contributed by atoms with Gasteiger partial charge < -0.3 is 5.32 Å². The highest BCUT2D eigenvalue weighted by atomic mass is 79.9. The lowest BCUT2D eigenvalue weighted by molar-refractivity contribution is 0.599. The fourth-order valence-electron chi connectivity index (χ4n) is 1.86. The first-order valence-electron chi connectivity index (χ1n) is 5.95. The van der Waals surface area contributed by atoms with Gasteiger partial charge in [-0.2, -0.15) is 0 Å². The predicted octanol–water partition coefficient (Wildman–Crippen LogP) is 5.21. The quantitative estimate of drug-likeness (QED) is 0.816. The Kier molecular flexibility index (Phi) is 4.20. The van der Waals surface area contributed by atoms with E-state index >= 15 is 0 Å². The summed E-state index contributed by atoms with van der Waals surface area (Å²) < 4.78 is 28.0. The Labute approximate surface area is 119 Å². The normalized spacial score (nSPS) is 12.3. The van der Waals surface area contributed by atoms with E-state index in [1.807, 2.05) is 6.92 Å². The van der Waals surface area contributed by atoms with Crippen molar-refractivity contribution in [3.8, 4) is 0 Å². The molecule has 2 rings (SSSR count). The molecule has 1 N–H and O–H groups in total. The summed E-state index contributed by atoms with van der Waals surface area (Å²) in [7, 11) is 0. The second-order valence-electron chi connectivity index (χ2n) is 4.50. The summed E-state index contributed by atoms with van der Waals surface area (Å²) >= 11 is 3.32. The largest absolute Gasteiger partial charge is 0.378 e. The van der Waals surface area contributed by atoms with E-state index in [-0.39, 0.29) is 17.7 Å². The predicted molar refractivity (Wildman–Crippen MR) is 77.3 cm³/mol. The van der Waals surface area contributed by atoms with E-state index in [0.717, 1.165) is 4.47 Å². The maximum Gasteiger partial charge on any atom is 0.128 e. The first-order valence-corrected chi connectivity index (χ1v) is 6.74. The van der Waals surface area contributed by atoms with Crippen molar-refractivity contribution in [2.45, 2.75) is 19.9 Å². The van der Waals surface area contributed by atoms with Gasteiger partial charge in [0.25, 0.3) is 0 Å². The fourth-order valence-corrected chi connectivity index (χ4v) is 2.24. The van der Waals surface area contributed by atoms with E-state index in [2.05, 4.69) is 21.2 Å². The van der Waals surface area contributed by atoms with E-state index in [0.29, 0.717) is 16.8 Å². The first-order chi connectivity index (χ1) is 8.97. The van der Waals surface area contributed by atoms with Gasteiger partial charge in [0.15, 0.2) is 0 Å². The van der Waals surface area contributed by atoms with Crippen molar-refractivity contribution in [2.75, 3.05) is 5.32 Å². The Bertz CT molecular complexity index is 599. The van der Waals surface area contributed by atoms with Crippen LogP contribution in [0.25, 0.3) is 0 Å². The van der Waals surface area contributed by atoms with Crippen LogP contribution in [0.2, 0.25) is 0 Å². The lowest BCUT2D eigenvalue weighted by Crippen LogP contribution is -2.09. The second kappa shape index (κ2) is 5.70. The van der Waals surface area contributed by atoms with Crippen LogP contribution in [0.15, 0.2) is 40.9 Å². The third-order valence-corrected chi connectivity index (χ3v) is 3.47. The minimum atomic E-state index is -0.282. The molecule has 0 spiro atoms. The van der Waals surface area contributed by atoms with Gasteiger partial charge in [-0.1, -0.05) is 22.0 Å². The summed E-state index contributed by atoms with van der Waals surface area (Å²) in [6.07, 6.45) is 0. The van der Waals surface area contributed by atoms with Crippen molar-refractivity contribution < 1.29 is 8.78 Å². The maximum absolute atomic E-state index is 13.7. The van der Waals surface area contributed by atoms with Crippen molar-refractivity contribution in [3.63, 3.8) is 0 Å². The van der Waals surface area contributed by atoms with Crippen LogP contribution in [-0.2, 0) is 0 Å². The molecular formula is C15H14BrF2N. The third kappa shape index (κ3) is 3.32. The SMILES string of the molecule is Cc1ccc(NC(C)c2cc(Br)ccc2F)cc1F. The Morgan fingerprint density at radius 1 is 1.05 bits per heavy atom. The molecule has 0 saturated heterocycles. The smallest absolute Gasteiger partial charge is 0.128 e. The van der Waals surface area contributed by atoms with Crippen LogP contribution in [-0.4, -0.2) is 0 Å². The first kappa shape index (κ1) is 14.0. The molecule has 2 aromatic carbocycles. The highest BCUT2D eigenvalue weighted by Crippen LogP contribution is 2.25. The van der Waals surface area contributed by atoms with E-state index in [1.165, 1.54) is 12.1 Å². The molecule has 0 aromatic heterocycles. The molecule has 0 bridgehead atoms. The molecule has 1 nitrogen and oxygen atoms in total. The molecule has 0 amide bonds. The Morgan fingerprint density at radius 3 is 2.47 bits per heavy atom. The minimum Gasteiger partial charge on any atom is -0.378 e. The maximum atomic E-state index is 13.7. The Morgan fingerprint density at radius 2 is 1.79 bits per heavy atom. The number of benzene rings is 2. The number of hydrogen-bond acceptors (Lipinski definition) is 1.